The van der Waals surface area contributed by atoms with Crippen LogP contribution in [0.25, 0.3) is 11.4 Å². The average Bonchev–Trinajstić information content (AvgIpc) is 3.36. The number of nitrogens with zero attached hydrogens (tertiary/aromatic N) is 4. The Morgan fingerprint density at radius 3 is 2.61 bits per heavy atom. The molecule has 0 aliphatic carbocycles. The van der Waals surface area contributed by atoms with Crippen LogP contribution in [0, 0.1) is 11.8 Å². The number of piperidine rings is 2. The predicted molar refractivity (Wildman–Crippen MR) is 144 cm³/mol. The molecule has 0 spiro atoms. The molecule has 2 fully saturated rings. The lowest BCUT2D eigenvalue weighted by Crippen LogP contribution is -2.42. The second-order valence-electron chi connectivity index (χ2n) is 10.2. The average molecular weight is 553 g/mol. The van der Waals surface area contributed by atoms with Crippen LogP contribution in [0.5, 0.6) is 0 Å². The zero-order valence-electron chi connectivity index (χ0n) is 20.8. The highest BCUT2D eigenvalue weighted by molar-refractivity contribution is 9.10. The minimum Gasteiger partial charge on any atom is -0.371 e. The van der Waals surface area contributed by atoms with Gasteiger partial charge in [0.15, 0.2) is 0 Å². The van der Waals surface area contributed by atoms with E-state index in [1.165, 1.54) is 18.5 Å². The third kappa shape index (κ3) is 6.34. The molecule has 8 heteroatoms. The van der Waals surface area contributed by atoms with Gasteiger partial charge < -0.3 is 14.7 Å². The quantitative estimate of drug-likeness (QED) is 0.431. The first-order chi connectivity index (χ1) is 17.5. The summed E-state index contributed by atoms with van der Waals surface area (Å²) in [5.74, 6) is 2.01. The number of likely N-dealkylation sites (tertiary alicyclic amines) is 1. The third-order valence-corrected chi connectivity index (χ3v) is 7.76. The highest BCUT2D eigenvalue weighted by Gasteiger charge is 2.27. The van der Waals surface area contributed by atoms with E-state index >= 15 is 0 Å². The lowest BCUT2D eigenvalue weighted by molar-refractivity contribution is -0.127. The standard InChI is InChI=1S/C28H34BrN5O2/c1-20-4-2-15-34(17-20)25-12-6-21(7-13-25)16-30-28(35)23-5-3-14-33(18-23)19-26-31-27(32-36-26)22-8-10-24(29)11-9-22/h6-13,20,23H,2-5,14-19H2,1H3,(H,30,35). The number of carbonyl (C=O) groups is 1. The normalized spacial score (nSPS) is 20.9. The summed E-state index contributed by atoms with van der Waals surface area (Å²) in [5, 5.41) is 7.28. The van der Waals surface area contributed by atoms with Gasteiger partial charge in [-0.1, -0.05) is 40.1 Å². The van der Waals surface area contributed by atoms with Crippen molar-refractivity contribution in [1.29, 1.82) is 0 Å². The van der Waals surface area contributed by atoms with Crippen LogP contribution >= 0.6 is 15.9 Å². The summed E-state index contributed by atoms with van der Waals surface area (Å²) in [7, 11) is 0. The third-order valence-electron chi connectivity index (χ3n) is 7.23. The van der Waals surface area contributed by atoms with Crippen LogP contribution in [0.1, 0.15) is 44.1 Å². The van der Waals surface area contributed by atoms with Gasteiger partial charge in [0, 0.05) is 41.9 Å². The molecule has 1 N–H and O–H groups in total. The first-order valence-electron chi connectivity index (χ1n) is 13.0. The maximum Gasteiger partial charge on any atom is 0.241 e. The van der Waals surface area contributed by atoms with E-state index < -0.39 is 0 Å². The molecule has 1 aromatic heterocycles. The number of anilines is 1. The number of benzene rings is 2. The Kier molecular flexibility index (Phi) is 8.02. The summed E-state index contributed by atoms with van der Waals surface area (Å²) in [5.41, 5.74) is 3.34. The van der Waals surface area contributed by atoms with Crippen LogP contribution in [0.4, 0.5) is 5.69 Å². The zero-order chi connectivity index (χ0) is 24.9. The molecule has 5 rings (SSSR count). The van der Waals surface area contributed by atoms with E-state index in [-0.39, 0.29) is 11.8 Å². The van der Waals surface area contributed by atoms with Gasteiger partial charge in [0.25, 0.3) is 0 Å². The van der Waals surface area contributed by atoms with Crippen LogP contribution in [0.3, 0.4) is 0 Å². The number of halogens is 1. The summed E-state index contributed by atoms with van der Waals surface area (Å²) in [6.45, 7) is 7.34. The largest absolute Gasteiger partial charge is 0.371 e. The maximum atomic E-state index is 12.9. The predicted octanol–water partition coefficient (Wildman–Crippen LogP) is 5.26. The number of rotatable bonds is 7. The van der Waals surface area contributed by atoms with Gasteiger partial charge >= 0.3 is 0 Å². The van der Waals surface area contributed by atoms with Gasteiger partial charge in [-0.15, -0.1) is 0 Å². The highest BCUT2D eigenvalue weighted by Crippen LogP contribution is 2.24. The minimum absolute atomic E-state index is 0.0262. The molecule has 0 radical (unpaired) electrons. The van der Waals surface area contributed by atoms with Crippen molar-refractivity contribution >= 4 is 27.5 Å². The first kappa shape index (κ1) is 25.0. The Hall–Kier alpha value is -2.71. The van der Waals surface area contributed by atoms with Gasteiger partial charge in [-0.25, -0.2) is 0 Å². The van der Waals surface area contributed by atoms with E-state index in [9.17, 15) is 4.79 Å². The Bertz CT molecular complexity index is 1150. The molecule has 1 amide bonds. The minimum atomic E-state index is -0.0262. The first-order valence-corrected chi connectivity index (χ1v) is 13.8. The van der Waals surface area contributed by atoms with Crippen LogP contribution < -0.4 is 10.2 Å². The van der Waals surface area contributed by atoms with Gasteiger partial charge in [-0.3, -0.25) is 9.69 Å². The summed E-state index contributed by atoms with van der Waals surface area (Å²) in [6.07, 6.45) is 4.47. The number of hydrogen-bond acceptors (Lipinski definition) is 6. The van der Waals surface area contributed by atoms with Crippen LogP contribution in [0.15, 0.2) is 57.5 Å². The number of hydrogen-bond donors (Lipinski definition) is 1. The van der Waals surface area contributed by atoms with Gasteiger partial charge in [0.05, 0.1) is 12.5 Å². The molecule has 190 valence electrons. The second-order valence-corrected chi connectivity index (χ2v) is 11.1. The summed E-state index contributed by atoms with van der Waals surface area (Å²) >= 11 is 3.44. The van der Waals surface area contributed by atoms with Gasteiger partial charge in [0.1, 0.15) is 0 Å². The van der Waals surface area contributed by atoms with Crippen molar-refractivity contribution in [3.63, 3.8) is 0 Å². The topological polar surface area (TPSA) is 74.5 Å². The number of nitrogens with one attached hydrogen (secondary N) is 1. The van der Waals surface area contributed by atoms with E-state index in [1.807, 2.05) is 24.3 Å². The smallest absolute Gasteiger partial charge is 0.241 e. The zero-order valence-corrected chi connectivity index (χ0v) is 22.4. The molecule has 7 nitrogen and oxygen atoms in total. The molecule has 0 bridgehead atoms. The SMILES string of the molecule is CC1CCCN(c2ccc(CNC(=O)C3CCCN(Cc4nc(-c5ccc(Br)cc5)no4)C3)cc2)C1. The van der Waals surface area contributed by atoms with Crippen molar-refractivity contribution in [3.05, 3.63) is 64.5 Å². The number of aromatic nitrogens is 2. The van der Waals surface area contributed by atoms with Gasteiger partial charge in [-0.05, 0) is 80.1 Å². The second kappa shape index (κ2) is 11.6. The molecule has 2 aliphatic heterocycles. The molecule has 36 heavy (non-hydrogen) atoms. The molecule has 2 aliphatic rings. The molecule has 2 aromatic carbocycles. The summed E-state index contributed by atoms with van der Waals surface area (Å²) in [6, 6.07) is 16.5. The van der Waals surface area contributed by atoms with E-state index in [2.05, 4.69) is 72.4 Å². The number of amides is 1. The fourth-order valence-electron chi connectivity index (χ4n) is 5.22. The van der Waals surface area contributed by atoms with Gasteiger partial charge in [0.2, 0.25) is 17.6 Å². The van der Waals surface area contributed by atoms with E-state index in [0.717, 1.165) is 54.0 Å². The van der Waals surface area contributed by atoms with E-state index in [0.29, 0.717) is 31.3 Å². The molecular weight excluding hydrogens is 518 g/mol. The lowest BCUT2D eigenvalue weighted by Gasteiger charge is -2.33. The van der Waals surface area contributed by atoms with Gasteiger partial charge in [-0.2, -0.15) is 4.98 Å². The van der Waals surface area contributed by atoms with E-state index in [1.54, 1.807) is 0 Å². The highest BCUT2D eigenvalue weighted by atomic mass is 79.9. The molecule has 2 atom stereocenters. The Morgan fingerprint density at radius 1 is 1.06 bits per heavy atom. The molecule has 3 heterocycles. The molecule has 0 saturated carbocycles. The summed E-state index contributed by atoms with van der Waals surface area (Å²) in [4.78, 5) is 22.2. The van der Waals surface area contributed by atoms with E-state index in [4.69, 9.17) is 4.52 Å². The van der Waals surface area contributed by atoms with Crippen LogP contribution in [0.2, 0.25) is 0 Å². The maximum absolute atomic E-state index is 12.9. The molecule has 3 aromatic rings. The fraction of sp³-hybridized carbons (Fsp3) is 0.464. The lowest BCUT2D eigenvalue weighted by atomic mass is 9.97. The fourth-order valence-corrected chi connectivity index (χ4v) is 5.49. The van der Waals surface area contributed by atoms with Crippen molar-refractivity contribution in [2.24, 2.45) is 11.8 Å². The van der Waals surface area contributed by atoms with Crippen molar-refractivity contribution in [3.8, 4) is 11.4 Å². The Balaban J connectivity index is 1.10. The van der Waals surface area contributed by atoms with Crippen molar-refractivity contribution in [1.82, 2.24) is 20.4 Å². The van der Waals surface area contributed by atoms with Crippen LogP contribution in [-0.4, -0.2) is 47.1 Å². The Labute approximate surface area is 221 Å². The monoisotopic (exact) mass is 551 g/mol. The molecule has 2 saturated heterocycles. The van der Waals surface area contributed by atoms with Crippen molar-refractivity contribution in [2.45, 2.75) is 45.7 Å². The van der Waals surface area contributed by atoms with Crippen molar-refractivity contribution < 1.29 is 9.32 Å². The van der Waals surface area contributed by atoms with Crippen LogP contribution in [-0.2, 0) is 17.9 Å². The Morgan fingerprint density at radius 2 is 1.83 bits per heavy atom. The molecular formula is C28H34BrN5O2. The summed E-state index contributed by atoms with van der Waals surface area (Å²) < 4.78 is 6.50. The van der Waals surface area contributed by atoms with Crippen molar-refractivity contribution in [2.75, 3.05) is 31.1 Å². The number of carbonyl (C=O) groups excluding carboxylic acids is 1. The molecule has 2 unspecified atom stereocenters.